The van der Waals surface area contributed by atoms with Gasteiger partial charge in [0, 0.05) is 31.2 Å². The lowest BCUT2D eigenvalue weighted by Crippen LogP contribution is -2.42. The maximum Gasteiger partial charge on any atom is 0.270 e. The van der Waals surface area contributed by atoms with Gasteiger partial charge in [-0.2, -0.15) is 5.10 Å². The molecule has 25 heavy (non-hydrogen) atoms. The molecule has 128 valence electrons. The number of rotatable bonds is 5. The Morgan fingerprint density at radius 2 is 2.12 bits per heavy atom. The molecule has 3 aromatic heterocycles. The van der Waals surface area contributed by atoms with Crippen molar-refractivity contribution >= 4 is 22.8 Å². The molecule has 0 bridgehead atoms. The van der Waals surface area contributed by atoms with Crippen molar-refractivity contribution in [2.45, 2.75) is 19.9 Å². The molecule has 0 saturated carbocycles. The van der Waals surface area contributed by atoms with Crippen LogP contribution in [-0.4, -0.2) is 44.6 Å². The Hall–Kier alpha value is -3.29. The maximum absolute atomic E-state index is 12.4. The number of aromatic nitrogens is 4. The predicted octanol–water partition coefficient (Wildman–Crippen LogP) is 1.21. The van der Waals surface area contributed by atoms with Gasteiger partial charge in [0.25, 0.3) is 11.8 Å². The SMILES string of the molecule is Cc1cncc(C(=O)NC[C@H](C)NC(=O)c2[nH]nc3ncccc23)c1. The van der Waals surface area contributed by atoms with Crippen molar-refractivity contribution in [1.82, 2.24) is 30.8 Å². The van der Waals surface area contributed by atoms with E-state index in [0.29, 0.717) is 28.8 Å². The van der Waals surface area contributed by atoms with Gasteiger partial charge in [0.05, 0.1) is 10.9 Å². The number of H-pyrrole nitrogens is 1. The summed E-state index contributed by atoms with van der Waals surface area (Å²) in [5.41, 5.74) is 2.24. The number of hydrogen-bond donors (Lipinski definition) is 3. The van der Waals surface area contributed by atoms with Crippen LogP contribution in [0.2, 0.25) is 0 Å². The zero-order valence-corrected chi connectivity index (χ0v) is 13.9. The van der Waals surface area contributed by atoms with Gasteiger partial charge in [-0.25, -0.2) is 4.98 Å². The van der Waals surface area contributed by atoms with Crippen LogP contribution in [0.3, 0.4) is 0 Å². The Morgan fingerprint density at radius 1 is 1.28 bits per heavy atom. The van der Waals surface area contributed by atoms with E-state index in [1.807, 2.05) is 13.8 Å². The van der Waals surface area contributed by atoms with Gasteiger partial charge in [-0.1, -0.05) is 0 Å². The van der Waals surface area contributed by atoms with Crippen molar-refractivity contribution in [2.24, 2.45) is 0 Å². The number of amides is 2. The molecular formula is C17H18N6O2. The number of aryl methyl sites for hydroxylation is 1. The van der Waals surface area contributed by atoms with E-state index in [1.165, 1.54) is 6.20 Å². The molecule has 0 radical (unpaired) electrons. The average Bonchev–Trinajstić information content (AvgIpc) is 3.04. The Bertz CT molecular complexity index is 920. The Labute approximate surface area is 144 Å². The molecule has 3 N–H and O–H groups in total. The molecule has 3 rings (SSSR count). The van der Waals surface area contributed by atoms with E-state index in [9.17, 15) is 9.59 Å². The fourth-order valence-electron chi connectivity index (χ4n) is 2.40. The summed E-state index contributed by atoms with van der Waals surface area (Å²) in [5.74, 6) is -0.525. The summed E-state index contributed by atoms with van der Waals surface area (Å²) in [7, 11) is 0. The molecule has 2 amide bonds. The van der Waals surface area contributed by atoms with Gasteiger partial charge in [0.15, 0.2) is 5.65 Å². The standard InChI is InChI=1S/C17H18N6O2/c1-10-6-12(9-18-7-10)16(24)20-8-11(2)21-17(25)14-13-4-3-5-19-15(13)23-22-14/h3-7,9,11H,8H2,1-2H3,(H,20,24)(H,21,25)(H,19,22,23)/t11-/m0/s1. The number of nitrogens with one attached hydrogen (secondary N) is 3. The Balaban J connectivity index is 1.58. The van der Waals surface area contributed by atoms with E-state index in [2.05, 4.69) is 30.8 Å². The summed E-state index contributed by atoms with van der Waals surface area (Å²) in [6.07, 6.45) is 4.81. The first-order valence-electron chi connectivity index (χ1n) is 7.84. The van der Waals surface area contributed by atoms with Crippen molar-refractivity contribution in [3.8, 4) is 0 Å². The van der Waals surface area contributed by atoms with Gasteiger partial charge >= 0.3 is 0 Å². The number of hydrogen-bond acceptors (Lipinski definition) is 5. The number of pyridine rings is 2. The topological polar surface area (TPSA) is 113 Å². The molecule has 3 aromatic rings. The fraction of sp³-hybridized carbons (Fsp3) is 0.235. The lowest BCUT2D eigenvalue weighted by atomic mass is 10.2. The van der Waals surface area contributed by atoms with Gasteiger partial charge in [0.1, 0.15) is 5.69 Å². The smallest absolute Gasteiger partial charge is 0.270 e. The van der Waals surface area contributed by atoms with E-state index in [4.69, 9.17) is 0 Å². The average molecular weight is 338 g/mol. The molecule has 8 heteroatoms. The highest BCUT2D eigenvalue weighted by Crippen LogP contribution is 2.12. The number of carbonyl (C=O) groups excluding carboxylic acids is 2. The van der Waals surface area contributed by atoms with E-state index < -0.39 is 0 Å². The third kappa shape index (κ3) is 3.79. The van der Waals surface area contributed by atoms with E-state index in [0.717, 1.165) is 5.56 Å². The van der Waals surface area contributed by atoms with E-state index in [1.54, 1.807) is 30.6 Å². The summed E-state index contributed by atoms with van der Waals surface area (Å²) in [4.78, 5) is 32.5. The summed E-state index contributed by atoms with van der Waals surface area (Å²) in [5, 5.41) is 13.0. The van der Waals surface area contributed by atoms with Crippen LogP contribution in [0.15, 0.2) is 36.8 Å². The molecule has 3 heterocycles. The van der Waals surface area contributed by atoms with Crippen molar-refractivity contribution in [1.29, 1.82) is 0 Å². The summed E-state index contributed by atoms with van der Waals surface area (Å²) in [6.45, 7) is 3.97. The highest BCUT2D eigenvalue weighted by atomic mass is 16.2. The normalized spacial score (nSPS) is 11.9. The van der Waals surface area contributed by atoms with Crippen molar-refractivity contribution in [3.63, 3.8) is 0 Å². The summed E-state index contributed by atoms with van der Waals surface area (Å²) in [6, 6.07) is 5.02. The van der Waals surface area contributed by atoms with Crippen LogP contribution < -0.4 is 10.6 Å². The molecule has 0 spiro atoms. The quantitative estimate of drug-likeness (QED) is 0.647. The van der Waals surface area contributed by atoms with Crippen LogP contribution in [-0.2, 0) is 0 Å². The van der Waals surface area contributed by atoms with Crippen molar-refractivity contribution < 1.29 is 9.59 Å². The highest BCUT2D eigenvalue weighted by Gasteiger charge is 2.16. The Kier molecular flexibility index (Phi) is 4.69. The van der Waals surface area contributed by atoms with Crippen LogP contribution in [0.25, 0.3) is 11.0 Å². The van der Waals surface area contributed by atoms with E-state index in [-0.39, 0.29) is 17.9 Å². The second kappa shape index (κ2) is 7.08. The van der Waals surface area contributed by atoms with Crippen LogP contribution in [0.1, 0.15) is 33.3 Å². The molecule has 1 atom stereocenters. The zero-order chi connectivity index (χ0) is 17.8. The van der Waals surface area contributed by atoms with Crippen LogP contribution in [0.5, 0.6) is 0 Å². The van der Waals surface area contributed by atoms with Gasteiger partial charge in [-0.3, -0.25) is 19.7 Å². The number of fused-ring (bicyclic) bond motifs is 1. The monoisotopic (exact) mass is 338 g/mol. The molecule has 8 nitrogen and oxygen atoms in total. The predicted molar refractivity (Wildman–Crippen MR) is 92.1 cm³/mol. The van der Waals surface area contributed by atoms with Crippen molar-refractivity contribution in [2.75, 3.05) is 6.54 Å². The number of aromatic amines is 1. The van der Waals surface area contributed by atoms with Gasteiger partial charge < -0.3 is 10.6 Å². The van der Waals surface area contributed by atoms with Crippen molar-refractivity contribution in [3.05, 3.63) is 53.6 Å². The molecule has 0 aliphatic rings. The molecule has 0 aromatic carbocycles. The second-order valence-corrected chi connectivity index (χ2v) is 5.81. The molecule has 0 aliphatic heterocycles. The van der Waals surface area contributed by atoms with Gasteiger partial charge in [-0.05, 0) is 37.6 Å². The third-order valence-corrected chi connectivity index (χ3v) is 3.64. The fourth-order valence-corrected chi connectivity index (χ4v) is 2.40. The van der Waals surface area contributed by atoms with Gasteiger partial charge in [0.2, 0.25) is 0 Å². The lowest BCUT2D eigenvalue weighted by Gasteiger charge is -2.14. The minimum absolute atomic E-state index is 0.228. The maximum atomic E-state index is 12.4. The minimum Gasteiger partial charge on any atom is -0.350 e. The minimum atomic E-state index is -0.297. The van der Waals surface area contributed by atoms with E-state index >= 15 is 0 Å². The first kappa shape index (κ1) is 16.6. The Morgan fingerprint density at radius 3 is 2.92 bits per heavy atom. The number of carbonyl (C=O) groups is 2. The second-order valence-electron chi connectivity index (χ2n) is 5.81. The summed E-state index contributed by atoms with van der Waals surface area (Å²) < 4.78 is 0. The van der Waals surface area contributed by atoms with Crippen LogP contribution in [0.4, 0.5) is 0 Å². The highest BCUT2D eigenvalue weighted by molar-refractivity contribution is 6.03. The zero-order valence-electron chi connectivity index (χ0n) is 13.9. The molecule has 0 aliphatic carbocycles. The molecule has 0 saturated heterocycles. The molecular weight excluding hydrogens is 320 g/mol. The first-order valence-corrected chi connectivity index (χ1v) is 7.84. The first-order chi connectivity index (χ1) is 12.0. The third-order valence-electron chi connectivity index (χ3n) is 3.64. The molecule has 0 fully saturated rings. The largest absolute Gasteiger partial charge is 0.350 e. The summed E-state index contributed by atoms with van der Waals surface area (Å²) >= 11 is 0. The van der Waals surface area contributed by atoms with Gasteiger partial charge in [-0.15, -0.1) is 0 Å². The number of nitrogens with zero attached hydrogens (tertiary/aromatic N) is 3. The van der Waals surface area contributed by atoms with Crippen LogP contribution in [0, 0.1) is 6.92 Å². The lowest BCUT2D eigenvalue weighted by molar-refractivity contribution is 0.0910. The molecule has 0 unspecified atom stereocenters. The van der Waals surface area contributed by atoms with Crippen LogP contribution >= 0.6 is 0 Å².